The van der Waals surface area contributed by atoms with Crippen molar-refractivity contribution in [3.63, 3.8) is 0 Å². The molecule has 0 aliphatic rings. The Hall–Kier alpha value is -2.95. The van der Waals surface area contributed by atoms with Gasteiger partial charge in [0.2, 0.25) is 0 Å². The minimum atomic E-state index is -0.375. The van der Waals surface area contributed by atoms with E-state index in [1.165, 1.54) is 7.11 Å². The van der Waals surface area contributed by atoms with Crippen LogP contribution in [0.4, 0.5) is 0 Å². The highest BCUT2D eigenvalue weighted by molar-refractivity contribution is 5.96. The standard InChI is InChI=1S/C16H13N3O2/c1-21-16(20)12-7-3-2-6-11(12)14-10-18-15(19-14)13-8-4-5-9-17-13/h2-10H,1H3,(H,18,19). The Morgan fingerprint density at radius 3 is 2.67 bits per heavy atom. The number of ether oxygens (including phenoxy) is 1. The molecule has 0 bridgehead atoms. The molecule has 0 aliphatic heterocycles. The molecular formula is C16H13N3O2. The van der Waals surface area contributed by atoms with Gasteiger partial charge in [-0.05, 0) is 18.2 Å². The van der Waals surface area contributed by atoms with Gasteiger partial charge in [0.05, 0.1) is 24.6 Å². The van der Waals surface area contributed by atoms with E-state index in [4.69, 9.17) is 4.74 Å². The lowest BCUT2D eigenvalue weighted by Crippen LogP contribution is -2.03. The van der Waals surface area contributed by atoms with Crippen molar-refractivity contribution in [1.82, 2.24) is 15.0 Å². The lowest BCUT2D eigenvalue weighted by atomic mass is 10.1. The number of hydrogen-bond acceptors (Lipinski definition) is 4. The highest BCUT2D eigenvalue weighted by Crippen LogP contribution is 2.24. The van der Waals surface area contributed by atoms with Crippen LogP contribution in [0.15, 0.2) is 54.9 Å². The van der Waals surface area contributed by atoms with Crippen molar-refractivity contribution in [3.8, 4) is 22.8 Å². The molecule has 0 saturated carbocycles. The first-order valence-corrected chi connectivity index (χ1v) is 6.43. The van der Waals surface area contributed by atoms with Crippen molar-refractivity contribution in [2.45, 2.75) is 0 Å². The lowest BCUT2D eigenvalue weighted by molar-refractivity contribution is 0.0601. The SMILES string of the molecule is COC(=O)c1ccccc1-c1cnc(-c2ccccn2)[nH]1. The molecule has 0 fully saturated rings. The number of carbonyl (C=O) groups is 1. The van der Waals surface area contributed by atoms with Crippen molar-refractivity contribution in [2.24, 2.45) is 0 Å². The summed E-state index contributed by atoms with van der Waals surface area (Å²) in [5.74, 6) is 0.282. The molecule has 21 heavy (non-hydrogen) atoms. The summed E-state index contributed by atoms with van der Waals surface area (Å²) >= 11 is 0. The molecule has 5 nitrogen and oxygen atoms in total. The van der Waals surface area contributed by atoms with Gasteiger partial charge in [-0.2, -0.15) is 0 Å². The molecule has 104 valence electrons. The zero-order chi connectivity index (χ0) is 14.7. The van der Waals surface area contributed by atoms with Crippen molar-refractivity contribution < 1.29 is 9.53 Å². The van der Waals surface area contributed by atoms with E-state index in [0.29, 0.717) is 11.4 Å². The van der Waals surface area contributed by atoms with Crippen molar-refractivity contribution in [2.75, 3.05) is 7.11 Å². The summed E-state index contributed by atoms with van der Waals surface area (Å²) in [5.41, 5.74) is 2.74. The predicted octanol–water partition coefficient (Wildman–Crippen LogP) is 2.93. The summed E-state index contributed by atoms with van der Waals surface area (Å²) in [4.78, 5) is 23.6. The van der Waals surface area contributed by atoms with Crippen LogP contribution in [-0.2, 0) is 4.74 Å². The van der Waals surface area contributed by atoms with Gasteiger partial charge in [0.1, 0.15) is 5.69 Å². The molecule has 0 radical (unpaired) electrons. The summed E-state index contributed by atoms with van der Waals surface area (Å²) in [5, 5.41) is 0. The van der Waals surface area contributed by atoms with E-state index < -0.39 is 0 Å². The summed E-state index contributed by atoms with van der Waals surface area (Å²) in [6.45, 7) is 0. The highest BCUT2D eigenvalue weighted by Gasteiger charge is 2.14. The van der Waals surface area contributed by atoms with Crippen molar-refractivity contribution in [1.29, 1.82) is 0 Å². The van der Waals surface area contributed by atoms with Crippen LogP contribution in [0.5, 0.6) is 0 Å². The summed E-state index contributed by atoms with van der Waals surface area (Å²) in [6, 6.07) is 12.8. The van der Waals surface area contributed by atoms with Crippen LogP contribution in [-0.4, -0.2) is 28.0 Å². The first-order valence-electron chi connectivity index (χ1n) is 6.43. The van der Waals surface area contributed by atoms with Crippen LogP contribution >= 0.6 is 0 Å². The first kappa shape index (κ1) is 13.1. The summed E-state index contributed by atoms with van der Waals surface area (Å²) in [6.07, 6.45) is 3.39. The third kappa shape index (κ3) is 2.53. The summed E-state index contributed by atoms with van der Waals surface area (Å²) < 4.78 is 4.80. The Balaban J connectivity index is 2.03. The Kier molecular flexibility index (Phi) is 3.47. The number of rotatable bonds is 3. The molecule has 0 unspecified atom stereocenters. The van der Waals surface area contributed by atoms with Gasteiger partial charge >= 0.3 is 5.97 Å². The minimum Gasteiger partial charge on any atom is -0.465 e. The fraction of sp³-hybridized carbons (Fsp3) is 0.0625. The van der Waals surface area contributed by atoms with E-state index in [1.807, 2.05) is 30.3 Å². The summed E-state index contributed by atoms with van der Waals surface area (Å²) in [7, 11) is 1.37. The second-order valence-electron chi connectivity index (χ2n) is 4.40. The third-order valence-corrected chi connectivity index (χ3v) is 3.11. The third-order valence-electron chi connectivity index (χ3n) is 3.11. The second-order valence-corrected chi connectivity index (χ2v) is 4.40. The highest BCUT2D eigenvalue weighted by atomic mass is 16.5. The zero-order valence-electron chi connectivity index (χ0n) is 11.4. The van der Waals surface area contributed by atoms with E-state index in [0.717, 1.165) is 17.0 Å². The number of H-pyrrole nitrogens is 1. The van der Waals surface area contributed by atoms with Crippen LogP contribution in [0.1, 0.15) is 10.4 Å². The van der Waals surface area contributed by atoms with Gasteiger partial charge in [-0.1, -0.05) is 24.3 Å². The fourth-order valence-electron chi connectivity index (χ4n) is 2.10. The van der Waals surface area contributed by atoms with E-state index in [9.17, 15) is 4.79 Å². The number of aromatic amines is 1. The lowest BCUT2D eigenvalue weighted by Gasteiger charge is -2.05. The maximum atomic E-state index is 11.8. The van der Waals surface area contributed by atoms with Gasteiger partial charge < -0.3 is 9.72 Å². The molecule has 0 saturated heterocycles. The molecule has 0 amide bonds. The Labute approximate surface area is 121 Å². The largest absolute Gasteiger partial charge is 0.465 e. The molecule has 0 atom stereocenters. The molecule has 2 heterocycles. The topological polar surface area (TPSA) is 67.9 Å². The molecule has 0 spiro atoms. The van der Waals surface area contributed by atoms with Gasteiger partial charge in [-0.15, -0.1) is 0 Å². The number of esters is 1. The first-order chi connectivity index (χ1) is 10.3. The van der Waals surface area contributed by atoms with Crippen molar-refractivity contribution in [3.05, 3.63) is 60.4 Å². The number of nitrogens with one attached hydrogen (secondary N) is 1. The van der Waals surface area contributed by atoms with E-state index in [1.54, 1.807) is 24.5 Å². The Morgan fingerprint density at radius 2 is 1.90 bits per heavy atom. The normalized spacial score (nSPS) is 10.3. The smallest absolute Gasteiger partial charge is 0.338 e. The number of imidazole rings is 1. The Morgan fingerprint density at radius 1 is 1.10 bits per heavy atom. The maximum Gasteiger partial charge on any atom is 0.338 e. The van der Waals surface area contributed by atoms with Crippen LogP contribution in [0, 0.1) is 0 Å². The van der Waals surface area contributed by atoms with Crippen LogP contribution in [0.25, 0.3) is 22.8 Å². The molecule has 5 heteroatoms. The van der Waals surface area contributed by atoms with Crippen LogP contribution in [0.3, 0.4) is 0 Å². The second kappa shape index (κ2) is 5.58. The molecule has 1 N–H and O–H groups in total. The van der Waals surface area contributed by atoms with Crippen molar-refractivity contribution >= 4 is 5.97 Å². The van der Waals surface area contributed by atoms with E-state index >= 15 is 0 Å². The molecular weight excluding hydrogens is 266 g/mol. The van der Waals surface area contributed by atoms with Gasteiger partial charge in [0, 0.05) is 11.8 Å². The number of methoxy groups -OCH3 is 1. The Bertz CT molecular complexity index is 766. The average Bonchev–Trinajstić information content (AvgIpc) is 3.05. The number of nitrogens with zero attached hydrogens (tertiary/aromatic N) is 2. The minimum absolute atomic E-state index is 0.375. The van der Waals surface area contributed by atoms with Gasteiger partial charge in [0.15, 0.2) is 5.82 Å². The van der Waals surface area contributed by atoms with E-state index in [-0.39, 0.29) is 5.97 Å². The van der Waals surface area contributed by atoms with Gasteiger partial charge in [0.25, 0.3) is 0 Å². The predicted molar refractivity (Wildman–Crippen MR) is 78.6 cm³/mol. The van der Waals surface area contributed by atoms with Gasteiger partial charge in [-0.25, -0.2) is 9.78 Å². The quantitative estimate of drug-likeness (QED) is 0.748. The molecule has 0 aliphatic carbocycles. The zero-order valence-corrected chi connectivity index (χ0v) is 11.4. The number of pyridine rings is 1. The molecule has 3 rings (SSSR count). The number of aromatic nitrogens is 3. The molecule has 2 aromatic heterocycles. The fourth-order valence-corrected chi connectivity index (χ4v) is 2.10. The monoisotopic (exact) mass is 279 g/mol. The molecule has 3 aromatic rings. The van der Waals surface area contributed by atoms with Crippen LogP contribution in [0.2, 0.25) is 0 Å². The maximum absolute atomic E-state index is 11.8. The number of carbonyl (C=O) groups excluding carboxylic acids is 1. The number of benzene rings is 1. The molecule has 1 aromatic carbocycles. The average molecular weight is 279 g/mol. The van der Waals surface area contributed by atoms with Gasteiger partial charge in [-0.3, -0.25) is 4.98 Å². The van der Waals surface area contributed by atoms with E-state index in [2.05, 4.69) is 15.0 Å². The number of hydrogen-bond donors (Lipinski definition) is 1. The van der Waals surface area contributed by atoms with Crippen LogP contribution < -0.4 is 0 Å².